The van der Waals surface area contributed by atoms with Crippen molar-refractivity contribution in [3.8, 4) is 17.2 Å². The monoisotopic (exact) mass is 347 g/mol. The van der Waals surface area contributed by atoms with Gasteiger partial charge in [-0.3, -0.25) is 10.0 Å². The molecule has 0 aromatic heterocycles. The maximum Gasteiger partial charge on any atom is 0.267 e. The molecule has 0 radical (unpaired) electrons. The Labute approximate surface area is 144 Å². The Hall–Kier alpha value is -2.90. The summed E-state index contributed by atoms with van der Waals surface area (Å²) < 4.78 is 29.2. The van der Waals surface area contributed by atoms with Crippen LogP contribution in [0.5, 0.6) is 17.2 Å². The number of rotatable bonds is 8. The zero-order valence-corrected chi connectivity index (χ0v) is 13.6. The Bertz CT molecular complexity index is 731. The molecule has 0 heterocycles. The first kappa shape index (κ1) is 18.4. The van der Waals surface area contributed by atoms with Gasteiger partial charge in [-0.05, 0) is 42.5 Å². The van der Waals surface area contributed by atoms with Crippen molar-refractivity contribution in [1.29, 1.82) is 0 Å². The molecular weight excluding hydrogens is 329 g/mol. The van der Waals surface area contributed by atoms with Crippen LogP contribution in [0.25, 0.3) is 6.08 Å². The molecule has 2 aromatic carbocycles. The second-order valence-corrected chi connectivity index (χ2v) is 4.91. The number of amides is 1. The van der Waals surface area contributed by atoms with Gasteiger partial charge in [0.2, 0.25) is 0 Å². The van der Waals surface area contributed by atoms with E-state index in [9.17, 15) is 9.18 Å². The highest BCUT2D eigenvalue weighted by molar-refractivity contribution is 5.91. The smallest absolute Gasteiger partial charge is 0.267 e. The predicted molar refractivity (Wildman–Crippen MR) is 89.3 cm³/mol. The standard InChI is InChI=1S/C18H18FNO5/c1-23-10-11-24-16-6-2-13(3-9-18(21)20-22)17(12-16)25-15-7-4-14(19)5-8-15/h2-9,12,22H,10-11H2,1H3,(H,20,21)/b9-3+. The summed E-state index contributed by atoms with van der Waals surface area (Å²) in [5.41, 5.74) is 2.09. The van der Waals surface area contributed by atoms with E-state index >= 15 is 0 Å². The van der Waals surface area contributed by atoms with Crippen LogP contribution in [-0.4, -0.2) is 31.4 Å². The Balaban J connectivity index is 2.25. The van der Waals surface area contributed by atoms with Gasteiger partial charge < -0.3 is 14.2 Å². The number of ether oxygens (including phenoxy) is 3. The lowest BCUT2D eigenvalue weighted by Crippen LogP contribution is -2.14. The largest absolute Gasteiger partial charge is 0.491 e. The zero-order chi connectivity index (χ0) is 18.1. The molecule has 0 fully saturated rings. The van der Waals surface area contributed by atoms with E-state index in [2.05, 4.69) is 0 Å². The van der Waals surface area contributed by atoms with Gasteiger partial charge in [-0.2, -0.15) is 0 Å². The van der Waals surface area contributed by atoms with Gasteiger partial charge in [0.1, 0.15) is 29.7 Å². The number of nitrogens with one attached hydrogen (secondary N) is 1. The van der Waals surface area contributed by atoms with Crippen LogP contribution in [0.1, 0.15) is 5.56 Å². The van der Waals surface area contributed by atoms with Crippen molar-refractivity contribution in [1.82, 2.24) is 5.48 Å². The summed E-state index contributed by atoms with van der Waals surface area (Å²) in [6.07, 6.45) is 2.63. The molecule has 6 nitrogen and oxygen atoms in total. The fourth-order valence-electron chi connectivity index (χ4n) is 1.91. The summed E-state index contributed by atoms with van der Waals surface area (Å²) in [5, 5.41) is 8.56. The Morgan fingerprint density at radius 1 is 1.16 bits per heavy atom. The number of methoxy groups -OCH3 is 1. The van der Waals surface area contributed by atoms with Gasteiger partial charge in [0.25, 0.3) is 5.91 Å². The van der Waals surface area contributed by atoms with Crippen molar-refractivity contribution in [3.05, 3.63) is 59.9 Å². The average molecular weight is 347 g/mol. The van der Waals surface area contributed by atoms with Crippen molar-refractivity contribution in [2.24, 2.45) is 0 Å². The molecule has 0 aliphatic carbocycles. The van der Waals surface area contributed by atoms with E-state index in [0.29, 0.717) is 36.0 Å². The molecule has 25 heavy (non-hydrogen) atoms. The van der Waals surface area contributed by atoms with E-state index in [1.165, 1.54) is 35.8 Å². The maximum atomic E-state index is 13.0. The lowest BCUT2D eigenvalue weighted by atomic mass is 10.1. The highest BCUT2D eigenvalue weighted by Crippen LogP contribution is 2.30. The number of carbonyl (C=O) groups excluding carboxylic acids is 1. The molecule has 0 aliphatic heterocycles. The van der Waals surface area contributed by atoms with Crippen LogP contribution in [-0.2, 0) is 9.53 Å². The number of halogens is 1. The highest BCUT2D eigenvalue weighted by Gasteiger charge is 2.07. The normalized spacial score (nSPS) is 10.7. The molecule has 0 bridgehead atoms. The molecule has 2 N–H and O–H groups in total. The van der Waals surface area contributed by atoms with E-state index in [1.54, 1.807) is 25.3 Å². The minimum Gasteiger partial charge on any atom is -0.491 e. The Morgan fingerprint density at radius 3 is 2.56 bits per heavy atom. The first-order valence-electron chi connectivity index (χ1n) is 7.43. The van der Waals surface area contributed by atoms with Gasteiger partial charge in [-0.15, -0.1) is 0 Å². The summed E-state index contributed by atoms with van der Waals surface area (Å²) in [4.78, 5) is 11.2. The lowest BCUT2D eigenvalue weighted by molar-refractivity contribution is -0.124. The second kappa shape index (κ2) is 9.41. The Kier molecular flexibility index (Phi) is 6.94. The minimum atomic E-state index is -0.673. The van der Waals surface area contributed by atoms with Crippen molar-refractivity contribution in [2.45, 2.75) is 0 Å². The van der Waals surface area contributed by atoms with Gasteiger partial charge in [-0.1, -0.05) is 0 Å². The van der Waals surface area contributed by atoms with Crippen molar-refractivity contribution in [2.75, 3.05) is 20.3 Å². The third kappa shape index (κ3) is 5.91. The number of hydroxylamine groups is 1. The molecular formula is C18H18FNO5. The lowest BCUT2D eigenvalue weighted by Gasteiger charge is -2.12. The summed E-state index contributed by atoms with van der Waals surface area (Å²) in [5.74, 6) is 0.343. The molecule has 0 spiro atoms. The SMILES string of the molecule is COCCOc1ccc(/C=C/C(=O)NO)c(Oc2ccc(F)cc2)c1. The maximum absolute atomic E-state index is 13.0. The second-order valence-electron chi connectivity index (χ2n) is 4.91. The first-order chi connectivity index (χ1) is 12.1. The summed E-state index contributed by atoms with van der Waals surface area (Å²) in [6, 6.07) is 10.6. The predicted octanol–water partition coefficient (Wildman–Crippen LogP) is 3.16. The van der Waals surface area contributed by atoms with E-state index < -0.39 is 5.91 Å². The summed E-state index contributed by atoms with van der Waals surface area (Å²) >= 11 is 0. The fraction of sp³-hybridized carbons (Fsp3) is 0.167. The van der Waals surface area contributed by atoms with Gasteiger partial charge in [0.15, 0.2) is 0 Å². The number of benzene rings is 2. The van der Waals surface area contributed by atoms with Gasteiger partial charge >= 0.3 is 0 Å². The quantitative estimate of drug-likeness (QED) is 0.332. The molecule has 132 valence electrons. The third-order valence-corrected chi connectivity index (χ3v) is 3.11. The molecule has 2 aromatic rings. The molecule has 0 atom stereocenters. The van der Waals surface area contributed by atoms with E-state index in [0.717, 1.165) is 6.08 Å². The fourth-order valence-corrected chi connectivity index (χ4v) is 1.91. The van der Waals surface area contributed by atoms with Crippen LogP contribution in [0.2, 0.25) is 0 Å². The highest BCUT2D eigenvalue weighted by atomic mass is 19.1. The summed E-state index contributed by atoms with van der Waals surface area (Å²) in [6.45, 7) is 0.807. The van der Waals surface area contributed by atoms with Crippen LogP contribution < -0.4 is 15.0 Å². The van der Waals surface area contributed by atoms with Crippen LogP contribution >= 0.6 is 0 Å². The average Bonchev–Trinajstić information content (AvgIpc) is 2.63. The summed E-state index contributed by atoms with van der Waals surface area (Å²) in [7, 11) is 1.58. The molecule has 0 saturated carbocycles. The van der Waals surface area contributed by atoms with Crippen LogP contribution in [0.15, 0.2) is 48.5 Å². The number of hydrogen-bond donors (Lipinski definition) is 2. The first-order valence-corrected chi connectivity index (χ1v) is 7.43. The van der Waals surface area contributed by atoms with E-state index in [1.807, 2.05) is 0 Å². The van der Waals surface area contributed by atoms with Crippen LogP contribution in [0, 0.1) is 5.82 Å². The van der Waals surface area contributed by atoms with Crippen molar-refractivity contribution < 1.29 is 28.6 Å². The Morgan fingerprint density at radius 2 is 1.88 bits per heavy atom. The van der Waals surface area contributed by atoms with E-state index in [4.69, 9.17) is 19.4 Å². The topological polar surface area (TPSA) is 77.0 Å². The molecule has 0 saturated heterocycles. The van der Waals surface area contributed by atoms with Crippen molar-refractivity contribution in [3.63, 3.8) is 0 Å². The zero-order valence-electron chi connectivity index (χ0n) is 13.6. The molecule has 2 rings (SSSR count). The van der Waals surface area contributed by atoms with Crippen LogP contribution in [0.3, 0.4) is 0 Å². The van der Waals surface area contributed by atoms with Gasteiger partial charge in [0.05, 0.1) is 6.61 Å². The van der Waals surface area contributed by atoms with Gasteiger partial charge in [-0.25, -0.2) is 9.87 Å². The number of carbonyl (C=O) groups is 1. The van der Waals surface area contributed by atoms with E-state index in [-0.39, 0.29) is 5.82 Å². The molecule has 0 aliphatic rings. The molecule has 0 unspecified atom stereocenters. The molecule has 1 amide bonds. The minimum absolute atomic E-state index is 0.370. The molecule has 7 heteroatoms. The number of hydrogen-bond acceptors (Lipinski definition) is 5. The van der Waals surface area contributed by atoms with Gasteiger partial charge in [0, 0.05) is 24.8 Å². The third-order valence-electron chi connectivity index (χ3n) is 3.11. The van der Waals surface area contributed by atoms with Crippen LogP contribution in [0.4, 0.5) is 4.39 Å². The van der Waals surface area contributed by atoms with Crippen molar-refractivity contribution >= 4 is 12.0 Å².